The van der Waals surface area contributed by atoms with Crippen LogP contribution in [-0.2, 0) is 21.1 Å². The summed E-state index contributed by atoms with van der Waals surface area (Å²) in [6.07, 6.45) is 1.36. The van der Waals surface area contributed by atoms with E-state index in [1.807, 2.05) is 6.07 Å². The monoisotopic (exact) mass is 597 g/mol. The van der Waals surface area contributed by atoms with E-state index in [1.54, 1.807) is 20.1 Å². The number of piperazine rings is 1. The molecule has 2 heterocycles. The van der Waals surface area contributed by atoms with Crippen molar-refractivity contribution >= 4 is 54.0 Å². The lowest BCUT2D eigenvalue weighted by Gasteiger charge is -2.34. The van der Waals surface area contributed by atoms with Crippen molar-refractivity contribution in [2.45, 2.75) is 18.4 Å². The fourth-order valence-electron chi connectivity index (χ4n) is 4.16. The van der Waals surface area contributed by atoms with Crippen LogP contribution in [0.5, 0.6) is 0 Å². The van der Waals surface area contributed by atoms with Crippen LogP contribution in [0.1, 0.15) is 12.5 Å². The molecular formula is C24H29BrClN5O4S. The molecule has 1 N–H and O–H groups in total. The number of hydrogen-bond acceptors (Lipinski definition) is 8. The lowest BCUT2D eigenvalue weighted by atomic mass is 10.1. The minimum Gasteiger partial charge on any atom is -0.383 e. The van der Waals surface area contributed by atoms with Crippen molar-refractivity contribution in [2.24, 2.45) is 0 Å². The van der Waals surface area contributed by atoms with Gasteiger partial charge < -0.3 is 4.74 Å². The molecule has 0 atom stereocenters. The van der Waals surface area contributed by atoms with E-state index in [9.17, 15) is 13.2 Å². The summed E-state index contributed by atoms with van der Waals surface area (Å²) >= 11 is 9.73. The predicted molar refractivity (Wildman–Crippen MR) is 145 cm³/mol. The summed E-state index contributed by atoms with van der Waals surface area (Å²) in [4.78, 5) is 22.6. The minimum atomic E-state index is -3.53. The van der Waals surface area contributed by atoms with Crippen molar-refractivity contribution in [2.75, 3.05) is 57.6 Å². The number of aromatic nitrogens is 2. The first-order valence-corrected chi connectivity index (χ1v) is 14.5. The van der Waals surface area contributed by atoms with Gasteiger partial charge in [-0.15, -0.1) is 0 Å². The number of ether oxygens (including phenoxy) is 1. The zero-order valence-electron chi connectivity index (χ0n) is 20.2. The molecule has 1 aliphatic rings. The highest BCUT2D eigenvalue weighted by Gasteiger charge is 2.20. The maximum absolute atomic E-state index is 13.3. The van der Waals surface area contributed by atoms with Gasteiger partial charge in [-0.25, -0.2) is 18.1 Å². The second kappa shape index (κ2) is 11.6. The standard InChI is InChI=1S/C24H29BrClN5O4S/c1-3-36(33,34)23-5-4-18(26)13-22(23)28-31-16-27-21-12-17(20(25)14-19(21)24(31)32)15-30-8-6-29(7-9-30)10-11-35-2/h4-5,12-14,16,28H,3,6-11,15H2,1-2H3. The van der Waals surface area contributed by atoms with Gasteiger partial charge in [-0.3, -0.25) is 20.0 Å². The van der Waals surface area contributed by atoms with Crippen LogP contribution in [0.4, 0.5) is 5.69 Å². The first kappa shape index (κ1) is 27.0. The van der Waals surface area contributed by atoms with Crippen molar-refractivity contribution in [3.05, 3.63) is 62.1 Å². The minimum absolute atomic E-state index is 0.0697. The van der Waals surface area contributed by atoms with Gasteiger partial charge in [-0.1, -0.05) is 34.5 Å². The summed E-state index contributed by atoms with van der Waals surface area (Å²) in [5, 5.41) is 0.758. The van der Waals surface area contributed by atoms with E-state index >= 15 is 0 Å². The molecule has 36 heavy (non-hydrogen) atoms. The van der Waals surface area contributed by atoms with Crippen molar-refractivity contribution in [3.63, 3.8) is 0 Å². The molecule has 12 heteroatoms. The highest BCUT2D eigenvalue weighted by Crippen LogP contribution is 2.27. The summed E-state index contributed by atoms with van der Waals surface area (Å²) < 4.78 is 32.2. The summed E-state index contributed by atoms with van der Waals surface area (Å²) in [7, 11) is -1.81. The Kier molecular flexibility index (Phi) is 8.69. The van der Waals surface area contributed by atoms with Crippen LogP contribution in [0.2, 0.25) is 5.02 Å². The molecule has 1 fully saturated rings. The fraction of sp³-hybridized carbons (Fsp3) is 0.417. The van der Waals surface area contributed by atoms with Gasteiger partial charge in [-0.05, 0) is 35.9 Å². The van der Waals surface area contributed by atoms with Crippen molar-refractivity contribution < 1.29 is 13.2 Å². The number of benzene rings is 2. The lowest BCUT2D eigenvalue weighted by molar-refractivity contribution is 0.0937. The quantitative estimate of drug-likeness (QED) is 0.401. The first-order valence-electron chi connectivity index (χ1n) is 11.6. The largest absolute Gasteiger partial charge is 0.383 e. The van der Waals surface area contributed by atoms with E-state index in [0.29, 0.717) is 15.9 Å². The number of nitrogens with zero attached hydrogens (tertiary/aromatic N) is 4. The highest BCUT2D eigenvalue weighted by atomic mass is 79.9. The average Bonchev–Trinajstić information content (AvgIpc) is 2.86. The Morgan fingerprint density at radius 3 is 2.56 bits per heavy atom. The molecule has 1 saturated heterocycles. The third-order valence-electron chi connectivity index (χ3n) is 6.29. The van der Waals surface area contributed by atoms with Crippen molar-refractivity contribution in [1.82, 2.24) is 19.5 Å². The fourth-order valence-corrected chi connectivity index (χ4v) is 5.83. The van der Waals surface area contributed by atoms with Crippen LogP contribution in [-0.4, -0.2) is 80.1 Å². The first-order chi connectivity index (χ1) is 17.2. The predicted octanol–water partition coefficient (Wildman–Crippen LogP) is 3.25. The molecule has 0 aliphatic carbocycles. The Bertz CT molecular complexity index is 1410. The molecule has 0 spiro atoms. The van der Waals surface area contributed by atoms with E-state index in [-0.39, 0.29) is 21.9 Å². The second-order valence-electron chi connectivity index (χ2n) is 8.65. The molecule has 4 rings (SSSR count). The molecule has 0 saturated carbocycles. The lowest BCUT2D eigenvalue weighted by Crippen LogP contribution is -2.46. The number of rotatable bonds is 9. The van der Waals surface area contributed by atoms with E-state index in [2.05, 4.69) is 36.1 Å². The van der Waals surface area contributed by atoms with Gasteiger partial charge in [0.2, 0.25) is 0 Å². The summed E-state index contributed by atoms with van der Waals surface area (Å²) in [5.41, 5.74) is 4.37. The Morgan fingerprint density at radius 1 is 1.14 bits per heavy atom. The molecule has 194 valence electrons. The molecule has 0 radical (unpaired) electrons. The van der Waals surface area contributed by atoms with E-state index < -0.39 is 9.84 Å². The van der Waals surface area contributed by atoms with Crippen LogP contribution in [0.3, 0.4) is 0 Å². The number of nitrogens with one attached hydrogen (secondary N) is 1. The molecule has 2 aromatic carbocycles. The van der Waals surface area contributed by atoms with E-state index in [0.717, 1.165) is 55.9 Å². The topological polar surface area (TPSA) is 96.8 Å². The Balaban J connectivity index is 1.57. The molecule has 0 amide bonds. The SMILES string of the molecule is CCS(=O)(=O)c1ccc(Cl)cc1Nn1cnc2cc(CN3CCN(CCOC)CC3)c(Br)cc2c1=O. The number of anilines is 1. The zero-order valence-corrected chi connectivity index (χ0v) is 23.4. The van der Waals surface area contributed by atoms with Crippen LogP contribution in [0.25, 0.3) is 10.9 Å². The zero-order chi connectivity index (χ0) is 25.9. The third-order valence-corrected chi connectivity index (χ3v) is 9.05. The summed E-state index contributed by atoms with van der Waals surface area (Å²) in [5.74, 6) is -0.0773. The van der Waals surface area contributed by atoms with Gasteiger partial charge in [0.15, 0.2) is 9.84 Å². The van der Waals surface area contributed by atoms with Crippen molar-refractivity contribution in [1.29, 1.82) is 0 Å². The van der Waals surface area contributed by atoms with Crippen LogP contribution >= 0.6 is 27.5 Å². The number of fused-ring (bicyclic) bond motifs is 1. The van der Waals surface area contributed by atoms with Crippen LogP contribution in [0, 0.1) is 0 Å². The average molecular weight is 599 g/mol. The summed E-state index contributed by atoms with van der Waals surface area (Å²) in [6, 6.07) is 8.12. The molecular weight excluding hydrogens is 570 g/mol. The molecule has 0 unspecified atom stereocenters. The third kappa shape index (κ3) is 6.09. The van der Waals surface area contributed by atoms with Crippen LogP contribution in [0.15, 0.2) is 50.8 Å². The van der Waals surface area contributed by atoms with Gasteiger partial charge in [-0.2, -0.15) is 0 Å². The maximum atomic E-state index is 13.3. The van der Waals surface area contributed by atoms with Gasteiger partial charge in [0, 0.05) is 55.9 Å². The smallest absolute Gasteiger partial charge is 0.280 e. The Labute approximate surface area is 224 Å². The molecule has 1 aromatic heterocycles. The molecule has 1 aliphatic heterocycles. The number of methoxy groups -OCH3 is 1. The van der Waals surface area contributed by atoms with Gasteiger partial charge in [0.1, 0.15) is 6.33 Å². The Hall–Kier alpha value is -2.02. The van der Waals surface area contributed by atoms with Gasteiger partial charge in [0.25, 0.3) is 5.56 Å². The highest BCUT2D eigenvalue weighted by molar-refractivity contribution is 9.10. The van der Waals surface area contributed by atoms with E-state index in [4.69, 9.17) is 16.3 Å². The number of hydrogen-bond donors (Lipinski definition) is 1. The second-order valence-corrected chi connectivity index (χ2v) is 12.2. The Morgan fingerprint density at radius 2 is 1.86 bits per heavy atom. The maximum Gasteiger partial charge on any atom is 0.280 e. The molecule has 0 bridgehead atoms. The molecule has 9 nitrogen and oxygen atoms in total. The number of halogens is 2. The van der Waals surface area contributed by atoms with Crippen LogP contribution < -0.4 is 11.0 Å². The molecule has 3 aromatic rings. The summed E-state index contributed by atoms with van der Waals surface area (Å²) in [6.45, 7) is 7.87. The van der Waals surface area contributed by atoms with Gasteiger partial charge >= 0.3 is 0 Å². The number of sulfone groups is 1. The van der Waals surface area contributed by atoms with Gasteiger partial charge in [0.05, 0.1) is 33.8 Å². The van der Waals surface area contributed by atoms with Crippen molar-refractivity contribution in [3.8, 4) is 0 Å². The normalized spacial score (nSPS) is 15.4. The van der Waals surface area contributed by atoms with E-state index in [1.165, 1.54) is 29.2 Å².